The second-order valence-electron chi connectivity index (χ2n) is 5.52. The van der Waals surface area contributed by atoms with E-state index in [1.165, 1.54) is 24.8 Å². The van der Waals surface area contributed by atoms with E-state index >= 15 is 0 Å². The summed E-state index contributed by atoms with van der Waals surface area (Å²) in [5.74, 6) is 0. The normalized spacial score (nSPS) is 33.6. The molecule has 0 aliphatic carbocycles. The molecule has 2 fully saturated rings. The van der Waals surface area contributed by atoms with E-state index in [2.05, 4.69) is 35.2 Å². The molecule has 1 aromatic carbocycles. The van der Waals surface area contributed by atoms with Crippen LogP contribution >= 0.6 is 0 Å². The highest BCUT2D eigenvalue weighted by Gasteiger charge is 2.37. The summed E-state index contributed by atoms with van der Waals surface area (Å²) >= 11 is 0. The molecule has 2 nitrogen and oxygen atoms in total. The van der Waals surface area contributed by atoms with Gasteiger partial charge >= 0.3 is 0 Å². The highest BCUT2D eigenvalue weighted by Crippen LogP contribution is 2.35. The van der Waals surface area contributed by atoms with Crippen LogP contribution in [0.3, 0.4) is 0 Å². The van der Waals surface area contributed by atoms with Gasteiger partial charge in [-0.15, -0.1) is 0 Å². The lowest BCUT2D eigenvalue weighted by Gasteiger charge is -2.47. The molecule has 2 aliphatic rings. The first kappa shape index (κ1) is 11.2. The average Bonchev–Trinajstić information content (AvgIpc) is 2.32. The standard InChI is InChI=1S/C15H21NO/c17-15-9-13-7-4-8-14(10-15)16(13)11-12-5-2-1-3-6-12/h1-3,5-6,13-15,17H,4,7-11H2/t13-,14+,15+. The van der Waals surface area contributed by atoms with E-state index in [0.717, 1.165) is 19.4 Å². The number of nitrogens with zero attached hydrogens (tertiary/aromatic N) is 1. The van der Waals surface area contributed by atoms with Gasteiger partial charge in [-0.05, 0) is 31.2 Å². The Labute approximate surface area is 103 Å². The molecule has 3 atom stereocenters. The Hall–Kier alpha value is -0.860. The maximum Gasteiger partial charge on any atom is 0.0570 e. The summed E-state index contributed by atoms with van der Waals surface area (Å²) in [6.07, 6.45) is 5.76. The molecule has 1 aromatic rings. The van der Waals surface area contributed by atoms with Crippen LogP contribution in [0.5, 0.6) is 0 Å². The van der Waals surface area contributed by atoms with Crippen molar-refractivity contribution in [1.82, 2.24) is 4.90 Å². The Kier molecular flexibility index (Phi) is 3.17. The molecule has 1 N–H and O–H groups in total. The fraction of sp³-hybridized carbons (Fsp3) is 0.600. The van der Waals surface area contributed by atoms with Crippen LogP contribution in [0.2, 0.25) is 0 Å². The quantitative estimate of drug-likeness (QED) is 0.845. The Morgan fingerprint density at radius 1 is 1.06 bits per heavy atom. The first-order chi connectivity index (χ1) is 8.33. The van der Waals surface area contributed by atoms with E-state index in [1.54, 1.807) is 0 Å². The van der Waals surface area contributed by atoms with Crippen molar-refractivity contribution in [3.05, 3.63) is 35.9 Å². The van der Waals surface area contributed by atoms with Gasteiger partial charge in [0.1, 0.15) is 0 Å². The van der Waals surface area contributed by atoms with Crippen LogP contribution in [0.15, 0.2) is 30.3 Å². The zero-order chi connectivity index (χ0) is 11.7. The first-order valence-electron chi connectivity index (χ1n) is 6.80. The highest BCUT2D eigenvalue weighted by molar-refractivity contribution is 5.15. The molecule has 0 spiro atoms. The number of aliphatic hydroxyl groups excluding tert-OH is 1. The Balaban J connectivity index is 1.74. The smallest absolute Gasteiger partial charge is 0.0570 e. The topological polar surface area (TPSA) is 23.5 Å². The summed E-state index contributed by atoms with van der Waals surface area (Å²) in [5, 5.41) is 9.87. The zero-order valence-electron chi connectivity index (χ0n) is 10.3. The first-order valence-corrected chi connectivity index (χ1v) is 6.80. The molecule has 2 saturated heterocycles. The van der Waals surface area contributed by atoms with Gasteiger partial charge < -0.3 is 5.11 Å². The third kappa shape index (κ3) is 2.38. The van der Waals surface area contributed by atoms with E-state index in [1.807, 2.05) is 0 Å². The van der Waals surface area contributed by atoms with Crippen molar-refractivity contribution >= 4 is 0 Å². The molecule has 2 heterocycles. The number of hydrogen-bond acceptors (Lipinski definition) is 2. The SMILES string of the molecule is O[C@H]1C[C@H]2CCC[C@@H](C1)N2Cc1ccccc1. The number of piperidine rings is 2. The maximum atomic E-state index is 9.87. The van der Waals surface area contributed by atoms with Gasteiger partial charge in [-0.25, -0.2) is 0 Å². The van der Waals surface area contributed by atoms with E-state index in [9.17, 15) is 5.11 Å². The molecule has 0 aromatic heterocycles. The van der Waals surface area contributed by atoms with Crippen LogP contribution in [0.1, 0.15) is 37.7 Å². The Morgan fingerprint density at radius 3 is 2.35 bits per heavy atom. The Bertz CT molecular complexity index is 350. The summed E-state index contributed by atoms with van der Waals surface area (Å²) in [5.41, 5.74) is 1.40. The second kappa shape index (κ2) is 4.79. The van der Waals surface area contributed by atoms with Crippen LogP contribution in [-0.2, 0) is 6.54 Å². The Morgan fingerprint density at radius 2 is 1.71 bits per heavy atom. The lowest BCUT2D eigenvalue weighted by atomic mass is 9.82. The van der Waals surface area contributed by atoms with Crippen molar-refractivity contribution in [1.29, 1.82) is 0 Å². The van der Waals surface area contributed by atoms with Gasteiger partial charge in [0.05, 0.1) is 6.10 Å². The van der Waals surface area contributed by atoms with Crippen molar-refractivity contribution < 1.29 is 5.11 Å². The molecular formula is C15H21NO. The molecule has 3 rings (SSSR count). The van der Waals surface area contributed by atoms with Gasteiger partial charge in [-0.3, -0.25) is 4.90 Å². The lowest BCUT2D eigenvalue weighted by Crippen LogP contribution is -2.52. The summed E-state index contributed by atoms with van der Waals surface area (Å²) in [6, 6.07) is 11.9. The fourth-order valence-electron chi connectivity index (χ4n) is 3.50. The number of fused-ring (bicyclic) bond motifs is 2. The number of aliphatic hydroxyl groups is 1. The lowest BCUT2D eigenvalue weighted by molar-refractivity contribution is -0.0312. The minimum Gasteiger partial charge on any atom is -0.393 e. The van der Waals surface area contributed by atoms with Crippen molar-refractivity contribution in [2.24, 2.45) is 0 Å². The van der Waals surface area contributed by atoms with E-state index in [-0.39, 0.29) is 6.10 Å². The van der Waals surface area contributed by atoms with Crippen molar-refractivity contribution in [3.63, 3.8) is 0 Å². The van der Waals surface area contributed by atoms with Crippen LogP contribution in [0.25, 0.3) is 0 Å². The monoisotopic (exact) mass is 231 g/mol. The molecule has 0 unspecified atom stereocenters. The number of benzene rings is 1. The molecule has 2 heteroatoms. The van der Waals surface area contributed by atoms with Gasteiger partial charge in [0.2, 0.25) is 0 Å². The molecule has 92 valence electrons. The van der Waals surface area contributed by atoms with Crippen LogP contribution < -0.4 is 0 Å². The molecule has 0 radical (unpaired) electrons. The molecule has 17 heavy (non-hydrogen) atoms. The molecule has 0 amide bonds. The summed E-state index contributed by atoms with van der Waals surface area (Å²) in [6.45, 7) is 1.06. The minimum atomic E-state index is -0.0580. The summed E-state index contributed by atoms with van der Waals surface area (Å²) in [4.78, 5) is 2.63. The van der Waals surface area contributed by atoms with Crippen LogP contribution in [-0.4, -0.2) is 28.2 Å². The minimum absolute atomic E-state index is 0.0580. The fourth-order valence-corrected chi connectivity index (χ4v) is 3.50. The third-order valence-corrected chi connectivity index (χ3v) is 4.31. The average molecular weight is 231 g/mol. The molecule has 2 bridgehead atoms. The van der Waals surface area contributed by atoms with Gasteiger partial charge in [-0.2, -0.15) is 0 Å². The third-order valence-electron chi connectivity index (χ3n) is 4.31. The van der Waals surface area contributed by atoms with Gasteiger partial charge in [0.15, 0.2) is 0 Å². The zero-order valence-corrected chi connectivity index (χ0v) is 10.3. The number of rotatable bonds is 2. The predicted molar refractivity (Wildman–Crippen MR) is 68.7 cm³/mol. The van der Waals surface area contributed by atoms with Gasteiger partial charge in [-0.1, -0.05) is 36.8 Å². The molecular weight excluding hydrogens is 210 g/mol. The largest absolute Gasteiger partial charge is 0.393 e. The van der Waals surface area contributed by atoms with Crippen LogP contribution in [0, 0.1) is 0 Å². The summed E-state index contributed by atoms with van der Waals surface area (Å²) in [7, 11) is 0. The van der Waals surface area contributed by atoms with E-state index < -0.39 is 0 Å². The van der Waals surface area contributed by atoms with Gasteiger partial charge in [0, 0.05) is 18.6 Å². The molecule has 0 saturated carbocycles. The maximum absolute atomic E-state index is 9.87. The highest BCUT2D eigenvalue weighted by atomic mass is 16.3. The predicted octanol–water partition coefficient (Wildman–Crippen LogP) is 2.56. The van der Waals surface area contributed by atoms with Crippen molar-refractivity contribution in [2.75, 3.05) is 0 Å². The van der Waals surface area contributed by atoms with E-state index in [4.69, 9.17) is 0 Å². The van der Waals surface area contributed by atoms with Crippen molar-refractivity contribution in [3.8, 4) is 0 Å². The summed E-state index contributed by atoms with van der Waals surface area (Å²) < 4.78 is 0. The number of hydrogen-bond donors (Lipinski definition) is 1. The van der Waals surface area contributed by atoms with E-state index in [0.29, 0.717) is 12.1 Å². The van der Waals surface area contributed by atoms with Crippen LogP contribution in [0.4, 0.5) is 0 Å². The second-order valence-corrected chi connectivity index (χ2v) is 5.52. The van der Waals surface area contributed by atoms with Gasteiger partial charge in [0.25, 0.3) is 0 Å². The molecule has 2 aliphatic heterocycles. The van der Waals surface area contributed by atoms with Crippen molar-refractivity contribution in [2.45, 2.75) is 56.8 Å².